The van der Waals surface area contributed by atoms with Crippen LogP contribution in [-0.4, -0.2) is 42.8 Å². The Balaban J connectivity index is 1.92. The lowest BCUT2D eigenvalue weighted by Crippen LogP contribution is -2.55. The van der Waals surface area contributed by atoms with Gasteiger partial charge in [0.05, 0.1) is 19.8 Å². The van der Waals surface area contributed by atoms with Crippen molar-refractivity contribution in [3.05, 3.63) is 23.7 Å². The molecular weight excluding hydrogens is 222 g/mol. The molecule has 0 spiro atoms. The molecular formula is C12H17NO4. The Morgan fingerprint density at radius 1 is 1.53 bits per heavy atom. The predicted octanol–water partition coefficient (Wildman–Crippen LogP) is 1.12. The minimum absolute atomic E-state index is 0.295. The van der Waals surface area contributed by atoms with Gasteiger partial charge in [-0.2, -0.15) is 0 Å². The molecule has 0 radical (unpaired) electrons. The first-order valence-corrected chi connectivity index (χ1v) is 5.57. The van der Waals surface area contributed by atoms with E-state index in [1.54, 1.807) is 0 Å². The average molecular weight is 239 g/mol. The SMILES string of the molecule is Cc1ccc(CN(C)CC2(C(=O)O)COC2)o1. The van der Waals surface area contributed by atoms with Gasteiger partial charge in [0.25, 0.3) is 0 Å². The van der Waals surface area contributed by atoms with Crippen LogP contribution in [0.2, 0.25) is 0 Å². The van der Waals surface area contributed by atoms with E-state index in [1.807, 2.05) is 31.0 Å². The van der Waals surface area contributed by atoms with Crippen molar-refractivity contribution in [2.45, 2.75) is 13.5 Å². The molecule has 5 heteroatoms. The minimum atomic E-state index is -0.786. The molecule has 0 unspecified atom stereocenters. The van der Waals surface area contributed by atoms with E-state index >= 15 is 0 Å². The number of aryl methyl sites for hydroxylation is 1. The molecule has 1 aromatic rings. The molecule has 0 saturated carbocycles. The second-order valence-corrected chi connectivity index (χ2v) is 4.76. The fourth-order valence-corrected chi connectivity index (χ4v) is 2.04. The van der Waals surface area contributed by atoms with Crippen LogP contribution in [0.15, 0.2) is 16.5 Å². The molecule has 94 valence electrons. The van der Waals surface area contributed by atoms with Gasteiger partial charge in [-0.1, -0.05) is 0 Å². The number of aliphatic carboxylic acids is 1. The topological polar surface area (TPSA) is 62.9 Å². The average Bonchev–Trinajstić information content (AvgIpc) is 2.57. The maximum Gasteiger partial charge on any atom is 0.315 e. The maximum atomic E-state index is 11.2. The number of carbonyl (C=O) groups is 1. The van der Waals surface area contributed by atoms with E-state index in [2.05, 4.69) is 0 Å². The number of nitrogens with zero attached hydrogens (tertiary/aromatic N) is 1. The maximum absolute atomic E-state index is 11.2. The van der Waals surface area contributed by atoms with Gasteiger partial charge in [0.1, 0.15) is 16.9 Å². The van der Waals surface area contributed by atoms with Crippen LogP contribution in [-0.2, 0) is 16.1 Å². The Bertz CT molecular complexity index is 408. The third-order valence-corrected chi connectivity index (χ3v) is 3.00. The van der Waals surface area contributed by atoms with Crippen molar-refractivity contribution in [2.75, 3.05) is 26.8 Å². The predicted molar refractivity (Wildman–Crippen MR) is 60.7 cm³/mol. The normalized spacial score (nSPS) is 18.1. The Morgan fingerprint density at radius 3 is 2.65 bits per heavy atom. The molecule has 0 amide bonds. The number of carboxylic acids is 1. The van der Waals surface area contributed by atoms with E-state index in [1.165, 1.54) is 0 Å². The lowest BCUT2D eigenvalue weighted by molar-refractivity contribution is -0.183. The van der Waals surface area contributed by atoms with Crippen LogP contribution in [0.3, 0.4) is 0 Å². The van der Waals surface area contributed by atoms with Crippen molar-refractivity contribution in [2.24, 2.45) is 5.41 Å². The van der Waals surface area contributed by atoms with Gasteiger partial charge in [-0.15, -0.1) is 0 Å². The highest BCUT2D eigenvalue weighted by molar-refractivity contribution is 5.76. The quantitative estimate of drug-likeness (QED) is 0.834. The molecule has 1 fully saturated rings. The smallest absolute Gasteiger partial charge is 0.315 e. The summed E-state index contributed by atoms with van der Waals surface area (Å²) in [7, 11) is 1.89. The van der Waals surface area contributed by atoms with Gasteiger partial charge in [0.2, 0.25) is 0 Å². The summed E-state index contributed by atoms with van der Waals surface area (Å²) in [6.45, 7) is 3.57. The molecule has 1 aromatic heterocycles. The monoisotopic (exact) mass is 239 g/mol. The van der Waals surface area contributed by atoms with Crippen LogP contribution >= 0.6 is 0 Å². The molecule has 1 saturated heterocycles. The first-order chi connectivity index (χ1) is 8.02. The molecule has 1 aliphatic rings. The third-order valence-electron chi connectivity index (χ3n) is 3.00. The second-order valence-electron chi connectivity index (χ2n) is 4.76. The van der Waals surface area contributed by atoms with Gasteiger partial charge in [-0.05, 0) is 26.1 Å². The van der Waals surface area contributed by atoms with Crippen molar-refractivity contribution in [3.63, 3.8) is 0 Å². The molecule has 0 bridgehead atoms. The second kappa shape index (κ2) is 4.50. The third kappa shape index (κ3) is 2.50. The number of rotatable bonds is 5. The lowest BCUT2D eigenvalue weighted by atomic mass is 9.85. The van der Waals surface area contributed by atoms with E-state index in [9.17, 15) is 9.90 Å². The van der Waals surface area contributed by atoms with Crippen molar-refractivity contribution >= 4 is 5.97 Å². The van der Waals surface area contributed by atoms with Crippen LogP contribution < -0.4 is 0 Å². The number of furan rings is 1. The summed E-state index contributed by atoms with van der Waals surface area (Å²) in [6.07, 6.45) is 0. The standard InChI is InChI=1S/C12H17NO4/c1-9-3-4-10(17-9)5-13(2)6-12(11(14)15)7-16-8-12/h3-4H,5-8H2,1-2H3,(H,14,15). The van der Waals surface area contributed by atoms with Gasteiger partial charge < -0.3 is 14.3 Å². The molecule has 2 heterocycles. The summed E-state index contributed by atoms with van der Waals surface area (Å²) < 4.78 is 10.5. The molecule has 17 heavy (non-hydrogen) atoms. The highest BCUT2D eigenvalue weighted by atomic mass is 16.5. The van der Waals surface area contributed by atoms with Crippen molar-refractivity contribution < 1.29 is 19.1 Å². The largest absolute Gasteiger partial charge is 0.481 e. The van der Waals surface area contributed by atoms with E-state index in [0.29, 0.717) is 26.3 Å². The molecule has 0 atom stereocenters. The zero-order valence-electron chi connectivity index (χ0n) is 10.1. The van der Waals surface area contributed by atoms with E-state index < -0.39 is 11.4 Å². The Hall–Kier alpha value is -1.33. The van der Waals surface area contributed by atoms with Crippen molar-refractivity contribution in [1.82, 2.24) is 4.90 Å². The number of carboxylic acid groups (broad SMARTS) is 1. The number of ether oxygens (including phenoxy) is 1. The van der Waals surface area contributed by atoms with Gasteiger partial charge in [-0.25, -0.2) is 0 Å². The number of hydrogen-bond acceptors (Lipinski definition) is 4. The molecule has 1 N–H and O–H groups in total. The molecule has 2 rings (SSSR count). The van der Waals surface area contributed by atoms with Crippen LogP contribution in [0, 0.1) is 12.3 Å². The van der Waals surface area contributed by atoms with Gasteiger partial charge >= 0.3 is 5.97 Å². The van der Waals surface area contributed by atoms with Crippen LogP contribution in [0.25, 0.3) is 0 Å². The molecule has 0 aliphatic carbocycles. The Morgan fingerprint density at radius 2 is 2.24 bits per heavy atom. The summed E-state index contributed by atoms with van der Waals surface area (Å²) in [5.41, 5.74) is -0.740. The first-order valence-electron chi connectivity index (χ1n) is 5.57. The Kier molecular flexibility index (Phi) is 3.22. The van der Waals surface area contributed by atoms with Gasteiger partial charge in [0, 0.05) is 6.54 Å². The summed E-state index contributed by atoms with van der Waals surface area (Å²) in [6, 6.07) is 3.82. The molecule has 0 aromatic carbocycles. The summed E-state index contributed by atoms with van der Waals surface area (Å²) >= 11 is 0. The highest BCUT2D eigenvalue weighted by Gasteiger charge is 2.46. The molecule has 5 nitrogen and oxygen atoms in total. The van der Waals surface area contributed by atoms with Gasteiger partial charge in [0.15, 0.2) is 0 Å². The zero-order chi connectivity index (χ0) is 12.5. The minimum Gasteiger partial charge on any atom is -0.481 e. The molecule has 1 aliphatic heterocycles. The first kappa shape index (κ1) is 12.1. The summed E-state index contributed by atoms with van der Waals surface area (Å²) in [4.78, 5) is 13.1. The van der Waals surface area contributed by atoms with E-state index in [4.69, 9.17) is 9.15 Å². The number of hydrogen-bond donors (Lipinski definition) is 1. The summed E-state index contributed by atoms with van der Waals surface area (Å²) in [5.74, 6) is 0.935. The fraction of sp³-hybridized carbons (Fsp3) is 0.583. The van der Waals surface area contributed by atoms with Crippen LogP contribution in [0.4, 0.5) is 0 Å². The van der Waals surface area contributed by atoms with Crippen LogP contribution in [0.1, 0.15) is 11.5 Å². The fourth-order valence-electron chi connectivity index (χ4n) is 2.04. The van der Waals surface area contributed by atoms with Gasteiger partial charge in [-0.3, -0.25) is 9.69 Å². The summed E-state index contributed by atoms with van der Waals surface area (Å²) in [5, 5.41) is 9.17. The highest BCUT2D eigenvalue weighted by Crippen LogP contribution is 2.29. The van der Waals surface area contributed by atoms with Crippen LogP contribution in [0.5, 0.6) is 0 Å². The Labute approximate surface area is 100.0 Å². The zero-order valence-corrected chi connectivity index (χ0v) is 10.1. The van der Waals surface area contributed by atoms with E-state index in [0.717, 1.165) is 11.5 Å². The van der Waals surface area contributed by atoms with E-state index in [-0.39, 0.29) is 0 Å². The van der Waals surface area contributed by atoms with Crippen molar-refractivity contribution in [1.29, 1.82) is 0 Å². The lowest BCUT2D eigenvalue weighted by Gasteiger charge is -2.39. The van der Waals surface area contributed by atoms with Crippen molar-refractivity contribution in [3.8, 4) is 0 Å².